The van der Waals surface area contributed by atoms with Crippen LogP contribution in [0.2, 0.25) is 5.02 Å². The lowest BCUT2D eigenvalue weighted by molar-refractivity contribution is -0.384. The predicted octanol–water partition coefficient (Wildman–Crippen LogP) is 4.09. The molecule has 1 amide bonds. The predicted molar refractivity (Wildman–Crippen MR) is 90.4 cm³/mol. The molecule has 0 fully saturated rings. The number of non-ortho nitro benzene ring substituents is 1. The third kappa shape index (κ3) is 3.15. The highest BCUT2D eigenvalue weighted by Crippen LogP contribution is 2.39. The lowest BCUT2D eigenvalue weighted by atomic mass is 10.1. The van der Waals surface area contributed by atoms with Crippen LogP contribution >= 0.6 is 11.6 Å². The molecule has 1 heterocycles. The minimum absolute atomic E-state index is 0.141. The molecule has 130 valence electrons. The van der Waals surface area contributed by atoms with Crippen LogP contribution in [0.25, 0.3) is 0 Å². The molecule has 0 radical (unpaired) electrons. The second-order valence-corrected chi connectivity index (χ2v) is 5.96. The lowest BCUT2D eigenvalue weighted by Crippen LogP contribution is -2.45. The topological polar surface area (TPSA) is 72.7 Å². The van der Waals surface area contributed by atoms with E-state index in [9.17, 15) is 19.3 Å². The van der Waals surface area contributed by atoms with Crippen molar-refractivity contribution in [3.8, 4) is 5.75 Å². The molecule has 0 bridgehead atoms. The Hall–Kier alpha value is -2.67. The number of halogens is 2. The van der Waals surface area contributed by atoms with Crippen LogP contribution in [0.4, 0.5) is 15.8 Å². The SMILES string of the molecule is CCC1Oc2ccc([N+](=O)[O-])cc2N(Cc2c(F)cccc2Cl)C1=O. The Morgan fingerprint density at radius 1 is 1.36 bits per heavy atom. The highest BCUT2D eigenvalue weighted by atomic mass is 35.5. The zero-order valence-corrected chi connectivity index (χ0v) is 14.0. The maximum Gasteiger partial charge on any atom is 0.271 e. The molecule has 0 saturated heterocycles. The molecular weight excluding hydrogens is 351 g/mol. The van der Waals surface area contributed by atoms with E-state index in [0.717, 1.165) is 0 Å². The van der Waals surface area contributed by atoms with Crippen molar-refractivity contribution in [1.29, 1.82) is 0 Å². The summed E-state index contributed by atoms with van der Waals surface area (Å²) in [5, 5.41) is 11.2. The van der Waals surface area contributed by atoms with Gasteiger partial charge in [0.05, 0.1) is 17.2 Å². The second-order valence-electron chi connectivity index (χ2n) is 5.55. The molecule has 1 unspecified atom stereocenters. The van der Waals surface area contributed by atoms with Gasteiger partial charge in [0.2, 0.25) is 0 Å². The molecule has 6 nitrogen and oxygen atoms in total. The second kappa shape index (κ2) is 6.68. The van der Waals surface area contributed by atoms with Crippen molar-refractivity contribution in [2.24, 2.45) is 0 Å². The van der Waals surface area contributed by atoms with E-state index in [1.165, 1.54) is 41.3 Å². The van der Waals surface area contributed by atoms with E-state index in [1.807, 2.05) is 0 Å². The molecular formula is C17H14ClFN2O4. The summed E-state index contributed by atoms with van der Waals surface area (Å²) in [5.41, 5.74) is 0.185. The average molecular weight is 365 g/mol. The Kier molecular flexibility index (Phi) is 4.59. The van der Waals surface area contributed by atoms with Crippen LogP contribution in [0.3, 0.4) is 0 Å². The summed E-state index contributed by atoms with van der Waals surface area (Å²) in [5.74, 6) is -0.605. The molecule has 2 aromatic rings. The molecule has 2 aromatic carbocycles. The first-order chi connectivity index (χ1) is 11.9. The van der Waals surface area contributed by atoms with Crippen molar-refractivity contribution < 1.29 is 18.8 Å². The Morgan fingerprint density at radius 3 is 2.76 bits per heavy atom. The fourth-order valence-electron chi connectivity index (χ4n) is 2.69. The summed E-state index contributed by atoms with van der Waals surface area (Å²) in [6.45, 7) is 1.64. The highest BCUT2D eigenvalue weighted by molar-refractivity contribution is 6.31. The normalized spacial score (nSPS) is 16.4. The Bertz CT molecular complexity index is 838. The van der Waals surface area contributed by atoms with Crippen molar-refractivity contribution in [1.82, 2.24) is 0 Å². The molecule has 1 aliphatic heterocycles. The van der Waals surface area contributed by atoms with Gasteiger partial charge in [-0.2, -0.15) is 0 Å². The van der Waals surface area contributed by atoms with E-state index >= 15 is 0 Å². The van der Waals surface area contributed by atoms with Crippen LogP contribution in [0.1, 0.15) is 18.9 Å². The molecule has 1 atom stereocenters. The summed E-state index contributed by atoms with van der Waals surface area (Å²) < 4.78 is 19.7. The van der Waals surface area contributed by atoms with Crippen LogP contribution in [0.5, 0.6) is 5.75 Å². The standard InChI is InChI=1S/C17H14ClFN2O4/c1-2-15-17(22)20(9-11-12(18)4-3-5-13(11)19)14-8-10(21(23)24)6-7-16(14)25-15/h3-8,15H,2,9H2,1H3. The molecule has 0 saturated carbocycles. The number of rotatable bonds is 4. The molecule has 25 heavy (non-hydrogen) atoms. The highest BCUT2D eigenvalue weighted by Gasteiger charge is 2.35. The smallest absolute Gasteiger partial charge is 0.271 e. The largest absolute Gasteiger partial charge is 0.478 e. The van der Waals surface area contributed by atoms with Gasteiger partial charge in [-0.25, -0.2) is 4.39 Å². The van der Waals surface area contributed by atoms with Gasteiger partial charge in [-0.05, 0) is 24.6 Å². The van der Waals surface area contributed by atoms with E-state index in [-0.39, 0.29) is 28.5 Å². The fraction of sp³-hybridized carbons (Fsp3) is 0.235. The van der Waals surface area contributed by atoms with Crippen LogP contribution in [-0.2, 0) is 11.3 Å². The number of nitro groups is 1. The number of fused-ring (bicyclic) bond motifs is 1. The summed E-state index contributed by atoms with van der Waals surface area (Å²) in [6, 6.07) is 8.23. The molecule has 0 spiro atoms. The van der Waals surface area contributed by atoms with Gasteiger partial charge in [0.1, 0.15) is 11.6 Å². The summed E-state index contributed by atoms with van der Waals surface area (Å²) in [7, 11) is 0. The third-order valence-electron chi connectivity index (χ3n) is 4.00. The first-order valence-electron chi connectivity index (χ1n) is 7.61. The van der Waals surface area contributed by atoms with Gasteiger partial charge in [0.15, 0.2) is 6.10 Å². The zero-order valence-electron chi connectivity index (χ0n) is 13.2. The van der Waals surface area contributed by atoms with Gasteiger partial charge in [-0.3, -0.25) is 14.9 Å². The molecule has 3 rings (SSSR count). The molecule has 0 aliphatic carbocycles. The van der Waals surface area contributed by atoms with E-state index in [2.05, 4.69) is 0 Å². The Labute approximate surface area is 147 Å². The Morgan fingerprint density at radius 2 is 2.12 bits per heavy atom. The Balaban J connectivity index is 2.09. The number of benzene rings is 2. The van der Waals surface area contributed by atoms with Gasteiger partial charge in [0.25, 0.3) is 11.6 Å². The fourth-order valence-corrected chi connectivity index (χ4v) is 2.91. The van der Waals surface area contributed by atoms with Gasteiger partial charge in [-0.1, -0.05) is 24.6 Å². The third-order valence-corrected chi connectivity index (χ3v) is 4.36. The van der Waals surface area contributed by atoms with Crippen LogP contribution in [0, 0.1) is 15.9 Å². The monoisotopic (exact) mass is 364 g/mol. The number of hydrogen-bond donors (Lipinski definition) is 0. The summed E-state index contributed by atoms with van der Waals surface area (Å²) >= 11 is 6.06. The summed E-state index contributed by atoms with van der Waals surface area (Å²) in [4.78, 5) is 24.5. The average Bonchev–Trinajstić information content (AvgIpc) is 2.59. The number of amides is 1. The van der Waals surface area contributed by atoms with E-state index in [4.69, 9.17) is 16.3 Å². The van der Waals surface area contributed by atoms with Gasteiger partial charge >= 0.3 is 0 Å². The first-order valence-corrected chi connectivity index (χ1v) is 7.99. The number of nitrogens with zero attached hydrogens (tertiary/aromatic N) is 2. The maximum absolute atomic E-state index is 14.1. The number of carbonyl (C=O) groups is 1. The van der Waals surface area contributed by atoms with E-state index in [1.54, 1.807) is 6.92 Å². The molecule has 0 N–H and O–H groups in total. The molecule has 1 aliphatic rings. The van der Waals surface area contributed by atoms with Crippen LogP contribution in [0.15, 0.2) is 36.4 Å². The minimum Gasteiger partial charge on any atom is -0.478 e. The van der Waals surface area contributed by atoms with Crippen molar-refractivity contribution in [3.63, 3.8) is 0 Å². The van der Waals surface area contributed by atoms with E-state index < -0.39 is 22.8 Å². The number of hydrogen-bond acceptors (Lipinski definition) is 4. The van der Waals surface area contributed by atoms with Gasteiger partial charge < -0.3 is 9.64 Å². The van der Waals surface area contributed by atoms with Gasteiger partial charge in [-0.15, -0.1) is 0 Å². The lowest BCUT2D eigenvalue weighted by Gasteiger charge is -2.34. The van der Waals surface area contributed by atoms with Crippen molar-refractivity contribution >= 4 is 28.9 Å². The van der Waals surface area contributed by atoms with Crippen LogP contribution < -0.4 is 9.64 Å². The zero-order chi connectivity index (χ0) is 18.1. The van der Waals surface area contributed by atoms with Crippen molar-refractivity contribution in [2.45, 2.75) is 26.0 Å². The van der Waals surface area contributed by atoms with Gasteiger partial charge in [0, 0.05) is 22.7 Å². The minimum atomic E-state index is -0.737. The molecule has 0 aromatic heterocycles. The molecule has 8 heteroatoms. The summed E-state index contributed by atoms with van der Waals surface area (Å²) in [6.07, 6.45) is -0.323. The number of nitro benzene ring substituents is 1. The number of anilines is 1. The van der Waals surface area contributed by atoms with Crippen molar-refractivity contribution in [3.05, 3.63) is 62.9 Å². The van der Waals surface area contributed by atoms with Crippen LogP contribution in [-0.4, -0.2) is 16.9 Å². The number of ether oxygens (including phenoxy) is 1. The first kappa shape index (κ1) is 17.2. The van der Waals surface area contributed by atoms with Crippen molar-refractivity contribution in [2.75, 3.05) is 4.90 Å². The number of carbonyl (C=O) groups excluding carboxylic acids is 1. The maximum atomic E-state index is 14.1. The quantitative estimate of drug-likeness (QED) is 0.605. The van der Waals surface area contributed by atoms with E-state index in [0.29, 0.717) is 12.2 Å².